The van der Waals surface area contributed by atoms with Crippen LogP contribution in [0.5, 0.6) is 0 Å². The molecule has 0 aliphatic heterocycles. The molecule has 0 aromatic heterocycles. The molecule has 0 fully saturated rings. The SMILES string of the molecule is [Cl][Pd]([Cl])[P](Cc1ccccc1)Cc1ccccc1.[Fe]. The zero-order valence-corrected chi connectivity index (χ0v) is 15.1. The molecule has 2 aromatic rings. The normalized spacial score (nSPS) is 11.0. The molecule has 0 saturated heterocycles. The maximum Gasteiger partial charge on any atom is 0 e. The Morgan fingerprint density at radius 1 is 0.737 bits per heavy atom. The molecule has 0 unspecified atom stereocenters. The maximum absolute atomic E-state index is 6.25. The van der Waals surface area contributed by atoms with Gasteiger partial charge in [-0.15, -0.1) is 0 Å². The fraction of sp³-hybridized carbons (Fsp3) is 0.143. The van der Waals surface area contributed by atoms with E-state index in [1.54, 1.807) is 0 Å². The zero-order valence-electron chi connectivity index (χ0n) is 10.1. The minimum absolute atomic E-state index is 0. The summed E-state index contributed by atoms with van der Waals surface area (Å²) < 4.78 is 0. The minimum Gasteiger partial charge on any atom is 0 e. The third-order valence-corrected chi connectivity index (χ3v) is 13.3. The minimum atomic E-state index is -1.40. The molecule has 5 heteroatoms. The molecule has 0 atom stereocenters. The Kier molecular flexibility index (Phi) is 8.88. The fourth-order valence-corrected chi connectivity index (χ4v) is 8.61. The van der Waals surface area contributed by atoms with Crippen LogP contribution in [0.15, 0.2) is 60.7 Å². The first kappa shape index (κ1) is 17.7. The van der Waals surface area contributed by atoms with Crippen molar-refractivity contribution in [1.29, 1.82) is 0 Å². The van der Waals surface area contributed by atoms with Crippen LogP contribution in [0.2, 0.25) is 0 Å². The van der Waals surface area contributed by atoms with Crippen LogP contribution in [0.4, 0.5) is 0 Å². The van der Waals surface area contributed by atoms with Gasteiger partial charge >= 0.3 is 124 Å². The molecule has 0 saturated carbocycles. The number of hydrogen-bond acceptors (Lipinski definition) is 0. The van der Waals surface area contributed by atoms with Crippen molar-refractivity contribution < 1.29 is 31.3 Å². The molecule has 0 aliphatic rings. The van der Waals surface area contributed by atoms with Crippen molar-refractivity contribution in [2.75, 3.05) is 0 Å². The van der Waals surface area contributed by atoms with Crippen molar-refractivity contribution in [1.82, 2.24) is 0 Å². The summed E-state index contributed by atoms with van der Waals surface area (Å²) in [5.41, 5.74) is 2.68. The third kappa shape index (κ3) is 6.29. The summed E-state index contributed by atoms with van der Waals surface area (Å²) in [6, 6.07) is 21.0. The van der Waals surface area contributed by atoms with Crippen molar-refractivity contribution in [2.24, 2.45) is 0 Å². The van der Waals surface area contributed by atoms with Crippen LogP contribution in [0.1, 0.15) is 11.1 Å². The second kappa shape index (κ2) is 9.55. The standard InChI is InChI=1S/C14H14P.2ClH.Fe.Pd/c1-3-7-13(8-4-1)11-15-12-14-9-5-2-6-10-14;;;;/h1-10H,11-12H2;2*1H;;/q-1;;;;+3/p-2. The van der Waals surface area contributed by atoms with Crippen LogP contribution in [-0.2, 0) is 43.6 Å². The van der Waals surface area contributed by atoms with Gasteiger partial charge in [0.15, 0.2) is 0 Å². The van der Waals surface area contributed by atoms with Gasteiger partial charge in [0.25, 0.3) is 0 Å². The first-order valence-corrected chi connectivity index (χ1v) is 13.2. The molecule has 0 N–H and O–H groups in total. The summed E-state index contributed by atoms with van der Waals surface area (Å²) in [5, 5.41) is 0. The number of halogens is 2. The fourth-order valence-electron chi connectivity index (χ4n) is 1.67. The van der Waals surface area contributed by atoms with E-state index in [1.165, 1.54) is 11.1 Å². The monoisotopic (exact) mass is 445 g/mol. The van der Waals surface area contributed by atoms with E-state index in [4.69, 9.17) is 19.1 Å². The average molecular weight is 446 g/mol. The Labute approximate surface area is 139 Å². The van der Waals surface area contributed by atoms with E-state index in [2.05, 4.69) is 48.5 Å². The predicted octanol–water partition coefficient (Wildman–Crippen LogP) is 5.71. The molecule has 0 aliphatic carbocycles. The molecule has 2 aromatic carbocycles. The molecular formula is C14H14Cl2FePPd. The molecule has 0 radical (unpaired) electrons. The molecule has 0 heterocycles. The van der Waals surface area contributed by atoms with Crippen molar-refractivity contribution in [3.05, 3.63) is 71.8 Å². The smallest absolute Gasteiger partial charge is 0 e. The van der Waals surface area contributed by atoms with Crippen LogP contribution in [0.3, 0.4) is 0 Å². The second-order valence-corrected chi connectivity index (χ2v) is 16.2. The summed E-state index contributed by atoms with van der Waals surface area (Å²) in [6.07, 6.45) is 1.73. The van der Waals surface area contributed by atoms with E-state index in [-0.39, 0.29) is 23.2 Å². The first-order chi connectivity index (χ1) is 8.75. The van der Waals surface area contributed by atoms with E-state index in [0.717, 1.165) is 12.3 Å². The topological polar surface area (TPSA) is 0 Å². The van der Waals surface area contributed by atoms with Crippen molar-refractivity contribution in [3.63, 3.8) is 0 Å². The van der Waals surface area contributed by atoms with Gasteiger partial charge in [0.1, 0.15) is 0 Å². The summed E-state index contributed by atoms with van der Waals surface area (Å²) in [6.45, 7) is 0. The maximum atomic E-state index is 6.25. The van der Waals surface area contributed by atoms with E-state index >= 15 is 0 Å². The van der Waals surface area contributed by atoms with Crippen LogP contribution in [-0.4, -0.2) is 0 Å². The number of benzene rings is 2. The zero-order chi connectivity index (χ0) is 12.8. The van der Waals surface area contributed by atoms with Crippen molar-refractivity contribution in [2.45, 2.75) is 12.3 Å². The van der Waals surface area contributed by atoms with Gasteiger partial charge in [0.2, 0.25) is 0 Å². The summed E-state index contributed by atoms with van der Waals surface area (Å²) >= 11 is -1.40. The third-order valence-electron chi connectivity index (χ3n) is 2.53. The van der Waals surface area contributed by atoms with Gasteiger partial charge in [-0.25, -0.2) is 0 Å². The van der Waals surface area contributed by atoms with Crippen LogP contribution >= 0.6 is 25.2 Å². The molecule has 107 valence electrons. The van der Waals surface area contributed by atoms with E-state index in [0.29, 0.717) is 0 Å². The Morgan fingerprint density at radius 2 is 1.11 bits per heavy atom. The second-order valence-electron chi connectivity index (χ2n) is 3.86. The molecule has 0 spiro atoms. The Hall–Kier alpha value is 0.632. The molecular weight excluding hydrogens is 432 g/mol. The largest absolute Gasteiger partial charge is 0 e. The Balaban J connectivity index is 0.00000180. The van der Waals surface area contributed by atoms with Gasteiger partial charge < -0.3 is 0 Å². The van der Waals surface area contributed by atoms with Gasteiger partial charge in [0, 0.05) is 17.1 Å². The van der Waals surface area contributed by atoms with Gasteiger partial charge in [-0.2, -0.15) is 0 Å². The van der Waals surface area contributed by atoms with E-state index in [1.807, 2.05) is 12.1 Å². The van der Waals surface area contributed by atoms with Crippen molar-refractivity contribution in [3.8, 4) is 0 Å². The van der Waals surface area contributed by atoms with E-state index in [9.17, 15) is 0 Å². The van der Waals surface area contributed by atoms with Gasteiger partial charge in [-0.1, -0.05) is 0 Å². The Morgan fingerprint density at radius 3 is 1.42 bits per heavy atom. The predicted molar refractivity (Wildman–Crippen MR) is 78.9 cm³/mol. The van der Waals surface area contributed by atoms with Crippen LogP contribution in [0, 0.1) is 0 Å². The molecule has 2 rings (SSSR count). The van der Waals surface area contributed by atoms with E-state index < -0.39 is 14.2 Å². The number of hydrogen-bond donors (Lipinski definition) is 0. The average Bonchev–Trinajstić information content (AvgIpc) is 2.40. The summed E-state index contributed by atoms with van der Waals surface area (Å²) in [5.74, 6) is 0. The van der Waals surface area contributed by atoms with Crippen LogP contribution in [0.25, 0.3) is 0 Å². The van der Waals surface area contributed by atoms with Gasteiger partial charge in [0.05, 0.1) is 0 Å². The molecule has 0 amide bonds. The Bertz CT molecular complexity index is 426. The quantitative estimate of drug-likeness (QED) is 0.408. The molecule has 0 bridgehead atoms. The molecule has 19 heavy (non-hydrogen) atoms. The first-order valence-electron chi connectivity index (χ1n) is 5.54. The summed E-state index contributed by atoms with van der Waals surface area (Å²) in [4.78, 5) is 0. The number of rotatable bonds is 5. The van der Waals surface area contributed by atoms with Gasteiger partial charge in [-0.05, 0) is 0 Å². The van der Waals surface area contributed by atoms with Crippen LogP contribution < -0.4 is 0 Å². The van der Waals surface area contributed by atoms with Crippen molar-refractivity contribution >= 4 is 25.2 Å². The summed E-state index contributed by atoms with van der Waals surface area (Å²) in [7, 11) is 12.5. The molecule has 0 nitrogen and oxygen atoms in total. The van der Waals surface area contributed by atoms with Gasteiger partial charge in [-0.3, -0.25) is 0 Å².